The molecule has 1 aromatic rings. The van der Waals surface area contributed by atoms with Crippen molar-refractivity contribution in [2.45, 2.75) is 46.1 Å². The molecule has 0 saturated carbocycles. The smallest absolute Gasteiger partial charge is 0.0956 e. The molecular weight excluding hydrogens is 232 g/mol. The fourth-order valence-corrected chi connectivity index (χ4v) is 2.97. The van der Waals surface area contributed by atoms with E-state index in [-0.39, 0.29) is 6.61 Å². The molecule has 1 aromatic heterocycles. The number of aliphatic hydroxyl groups excluding tert-OH is 1. The highest BCUT2D eigenvalue weighted by Gasteiger charge is 2.18. The first-order chi connectivity index (χ1) is 7.97. The van der Waals surface area contributed by atoms with Crippen molar-refractivity contribution in [1.82, 2.24) is 9.88 Å². The summed E-state index contributed by atoms with van der Waals surface area (Å²) in [6.07, 6.45) is 0.829. The van der Waals surface area contributed by atoms with Crippen molar-refractivity contribution in [2.75, 3.05) is 20.2 Å². The average Bonchev–Trinajstić information content (AvgIpc) is 2.67. The molecule has 1 unspecified atom stereocenters. The van der Waals surface area contributed by atoms with Crippen molar-refractivity contribution in [2.24, 2.45) is 0 Å². The molecule has 0 aliphatic rings. The Kier molecular flexibility index (Phi) is 5.56. The standard InChI is InChI=1S/C13H24N2OS/c1-9(2)13-14-10(3)12(17-13)11(4)15(5)7-6-8-16/h9,11,16H,6-8H2,1-5H3. The lowest BCUT2D eigenvalue weighted by Gasteiger charge is -2.23. The Bertz CT molecular complexity index is 349. The molecule has 0 saturated heterocycles. The van der Waals surface area contributed by atoms with Gasteiger partial charge >= 0.3 is 0 Å². The van der Waals surface area contributed by atoms with Gasteiger partial charge in [-0.25, -0.2) is 4.98 Å². The van der Waals surface area contributed by atoms with Gasteiger partial charge in [-0.2, -0.15) is 0 Å². The molecule has 3 nitrogen and oxygen atoms in total. The Balaban J connectivity index is 2.77. The van der Waals surface area contributed by atoms with E-state index in [1.165, 1.54) is 9.88 Å². The van der Waals surface area contributed by atoms with E-state index in [2.05, 4.69) is 44.6 Å². The third-order valence-electron chi connectivity index (χ3n) is 3.05. The van der Waals surface area contributed by atoms with Crippen molar-refractivity contribution in [3.05, 3.63) is 15.6 Å². The minimum absolute atomic E-state index is 0.260. The number of thiazole rings is 1. The van der Waals surface area contributed by atoms with Gasteiger partial charge in [-0.05, 0) is 27.3 Å². The molecule has 1 heterocycles. The van der Waals surface area contributed by atoms with E-state index in [9.17, 15) is 0 Å². The molecule has 1 atom stereocenters. The van der Waals surface area contributed by atoms with Crippen LogP contribution in [-0.4, -0.2) is 35.2 Å². The fourth-order valence-electron chi connectivity index (χ4n) is 1.78. The lowest BCUT2D eigenvalue weighted by atomic mass is 10.2. The van der Waals surface area contributed by atoms with Crippen LogP contribution in [0.4, 0.5) is 0 Å². The summed E-state index contributed by atoms with van der Waals surface area (Å²) in [5.74, 6) is 0.502. The zero-order valence-corrected chi connectivity index (χ0v) is 12.3. The van der Waals surface area contributed by atoms with Crippen LogP contribution in [0.15, 0.2) is 0 Å². The van der Waals surface area contributed by atoms with Crippen LogP contribution in [0.2, 0.25) is 0 Å². The molecular formula is C13H24N2OS. The summed E-state index contributed by atoms with van der Waals surface area (Å²) < 4.78 is 0. The highest BCUT2D eigenvalue weighted by Crippen LogP contribution is 2.31. The van der Waals surface area contributed by atoms with Crippen LogP contribution in [0.3, 0.4) is 0 Å². The second-order valence-corrected chi connectivity index (χ2v) is 5.95. The minimum atomic E-state index is 0.260. The molecule has 0 bridgehead atoms. The van der Waals surface area contributed by atoms with E-state index in [0.29, 0.717) is 12.0 Å². The van der Waals surface area contributed by atoms with Crippen LogP contribution >= 0.6 is 11.3 Å². The Morgan fingerprint density at radius 3 is 2.47 bits per heavy atom. The number of aryl methyl sites for hydroxylation is 1. The van der Waals surface area contributed by atoms with Gasteiger partial charge in [0.2, 0.25) is 0 Å². The first kappa shape index (κ1) is 14.6. The summed E-state index contributed by atoms with van der Waals surface area (Å²) in [5, 5.41) is 10.1. The summed E-state index contributed by atoms with van der Waals surface area (Å²) in [5.41, 5.74) is 1.15. The van der Waals surface area contributed by atoms with E-state index in [4.69, 9.17) is 5.11 Å². The normalized spacial score (nSPS) is 13.6. The van der Waals surface area contributed by atoms with E-state index < -0.39 is 0 Å². The van der Waals surface area contributed by atoms with E-state index >= 15 is 0 Å². The van der Waals surface area contributed by atoms with Crippen LogP contribution in [0.5, 0.6) is 0 Å². The number of rotatable bonds is 6. The first-order valence-corrected chi connectivity index (χ1v) is 7.07. The van der Waals surface area contributed by atoms with Gasteiger partial charge in [-0.15, -0.1) is 11.3 Å². The quantitative estimate of drug-likeness (QED) is 0.850. The van der Waals surface area contributed by atoms with Gasteiger partial charge in [0.05, 0.1) is 10.7 Å². The van der Waals surface area contributed by atoms with Gasteiger partial charge in [0.25, 0.3) is 0 Å². The van der Waals surface area contributed by atoms with Gasteiger partial charge < -0.3 is 5.11 Å². The highest BCUT2D eigenvalue weighted by molar-refractivity contribution is 7.11. The van der Waals surface area contributed by atoms with Crippen LogP contribution in [0, 0.1) is 6.92 Å². The molecule has 0 fully saturated rings. The lowest BCUT2D eigenvalue weighted by Crippen LogP contribution is -2.24. The molecule has 98 valence electrons. The van der Waals surface area contributed by atoms with Gasteiger partial charge in [0.1, 0.15) is 0 Å². The van der Waals surface area contributed by atoms with E-state index in [1.54, 1.807) is 0 Å². The van der Waals surface area contributed by atoms with Gasteiger partial charge in [0.15, 0.2) is 0 Å². The van der Waals surface area contributed by atoms with Crippen molar-refractivity contribution >= 4 is 11.3 Å². The number of aliphatic hydroxyl groups is 1. The number of aromatic nitrogens is 1. The molecule has 1 N–H and O–H groups in total. The molecule has 4 heteroatoms. The molecule has 0 aliphatic heterocycles. The summed E-state index contributed by atoms with van der Waals surface area (Å²) in [6, 6.07) is 0.381. The second kappa shape index (κ2) is 6.47. The summed E-state index contributed by atoms with van der Waals surface area (Å²) in [4.78, 5) is 8.27. The van der Waals surface area contributed by atoms with Crippen molar-refractivity contribution < 1.29 is 5.11 Å². The topological polar surface area (TPSA) is 36.4 Å². The minimum Gasteiger partial charge on any atom is -0.396 e. The molecule has 0 spiro atoms. The molecule has 17 heavy (non-hydrogen) atoms. The molecule has 0 amide bonds. The van der Waals surface area contributed by atoms with E-state index in [1.807, 2.05) is 11.3 Å². The predicted octanol–water partition coefficient (Wildman–Crippen LogP) is 2.95. The molecule has 1 rings (SSSR count). The number of hydrogen-bond donors (Lipinski definition) is 1. The fraction of sp³-hybridized carbons (Fsp3) is 0.769. The number of nitrogens with zero attached hydrogens (tertiary/aromatic N) is 2. The zero-order chi connectivity index (χ0) is 13.0. The molecule has 0 radical (unpaired) electrons. The summed E-state index contributed by atoms with van der Waals surface area (Å²) in [6.45, 7) is 9.85. The SMILES string of the molecule is Cc1nc(C(C)C)sc1C(C)N(C)CCCO. The lowest BCUT2D eigenvalue weighted by molar-refractivity contribution is 0.218. The third kappa shape index (κ3) is 3.76. The van der Waals surface area contributed by atoms with Crippen LogP contribution in [0.1, 0.15) is 54.7 Å². The Morgan fingerprint density at radius 1 is 1.35 bits per heavy atom. The average molecular weight is 256 g/mol. The first-order valence-electron chi connectivity index (χ1n) is 6.25. The summed E-state index contributed by atoms with van der Waals surface area (Å²) >= 11 is 1.82. The summed E-state index contributed by atoms with van der Waals surface area (Å²) in [7, 11) is 2.11. The van der Waals surface area contributed by atoms with Crippen molar-refractivity contribution in [1.29, 1.82) is 0 Å². The number of hydrogen-bond acceptors (Lipinski definition) is 4. The maximum atomic E-state index is 8.86. The molecule has 0 aromatic carbocycles. The van der Waals surface area contributed by atoms with Gasteiger partial charge in [0, 0.05) is 30.0 Å². The maximum absolute atomic E-state index is 8.86. The van der Waals surface area contributed by atoms with Crippen LogP contribution in [0.25, 0.3) is 0 Å². The zero-order valence-electron chi connectivity index (χ0n) is 11.5. The second-order valence-electron chi connectivity index (χ2n) is 4.89. The van der Waals surface area contributed by atoms with Crippen molar-refractivity contribution in [3.63, 3.8) is 0 Å². The largest absolute Gasteiger partial charge is 0.396 e. The Labute approximate surface area is 108 Å². The predicted molar refractivity (Wildman–Crippen MR) is 73.7 cm³/mol. The van der Waals surface area contributed by atoms with E-state index in [0.717, 1.165) is 18.7 Å². The maximum Gasteiger partial charge on any atom is 0.0956 e. The third-order valence-corrected chi connectivity index (χ3v) is 4.68. The Morgan fingerprint density at radius 2 is 2.00 bits per heavy atom. The highest BCUT2D eigenvalue weighted by atomic mass is 32.1. The molecule has 0 aliphatic carbocycles. The van der Waals surface area contributed by atoms with Crippen LogP contribution in [-0.2, 0) is 0 Å². The van der Waals surface area contributed by atoms with Crippen molar-refractivity contribution in [3.8, 4) is 0 Å². The van der Waals surface area contributed by atoms with Crippen LogP contribution < -0.4 is 0 Å². The van der Waals surface area contributed by atoms with Gasteiger partial charge in [-0.1, -0.05) is 13.8 Å². The Hall–Kier alpha value is -0.450. The van der Waals surface area contributed by atoms with Gasteiger partial charge in [-0.3, -0.25) is 4.90 Å². The monoisotopic (exact) mass is 256 g/mol.